The number of anilines is 1. The molecule has 2 aromatic rings. The predicted molar refractivity (Wildman–Crippen MR) is 69.5 cm³/mol. The van der Waals surface area contributed by atoms with Gasteiger partial charge in [0, 0.05) is 11.3 Å². The highest BCUT2D eigenvalue weighted by Crippen LogP contribution is 2.37. The van der Waals surface area contributed by atoms with E-state index in [4.69, 9.17) is 4.74 Å². The Labute approximate surface area is 105 Å². The van der Waals surface area contributed by atoms with Crippen molar-refractivity contribution < 1.29 is 9.13 Å². The lowest BCUT2D eigenvalue weighted by Gasteiger charge is -2.15. The molecule has 0 radical (unpaired) electrons. The molecule has 3 rings (SSSR count). The minimum absolute atomic E-state index is 0.151. The van der Waals surface area contributed by atoms with Gasteiger partial charge in [-0.3, -0.25) is 0 Å². The fourth-order valence-electron chi connectivity index (χ4n) is 2.47. The number of nitrogens with one attached hydrogen (secondary N) is 1. The molecule has 1 heterocycles. The van der Waals surface area contributed by atoms with Crippen LogP contribution in [0.4, 0.5) is 10.1 Å². The summed E-state index contributed by atoms with van der Waals surface area (Å²) in [5.41, 5.74) is 3.13. The van der Waals surface area contributed by atoms with Crippen LogP contribution in [0.3, 0.4) is 0 Å². The third kappa shape index (κ3) is 1.82. The summed E-state index contributed by atoms with van der Waals surface area (Å²) in [6.45, 7) is 0. The number of rotatable bonds is 2. The van der Waals surface area contributed by atoms with Gasteiger partial charge >= 0.3 is 0 Å². The quantitative estimate of drug-likeness (QED) is 0.871. The van der Waals surface area contributed by atoms with Gasteiger partial charge in [0.1, 0.15) is 11.6 Å². The summed E-state index contributed by atoms with van der Waals surface area (Å²) in [7, 11) is 1.67. The van der Waals surface area contributed by atoms with Crippen molar-refractivity contribution in [3.63, 3.8) is 0 Å². The van der Waals surface area contributed by atoms with Crippen molar-refractivity contribution in [3.05, 3.63) is 59.4 Å². The van der Waals surface area contributed by atoms with Crippen molar-refractivity contribution in [2.45, 2.75) is 12.5 Å². The van der Waals surface area contributed by atoms with Crippen molar-refractivity contribution in [2.75, 3.05) is 12.4 Å². The van der Waals surface area contributed by atoms with Gasteiger partial charge in [-0.15, -0.1) is 0 Å². The lowest BCUT2D eigenvalue weighted by atomic mass is 10.0. The first-order valence-electron chi connectivity index (χ1n) is 5.96. The van der Waals surface area contributed by atoms with Crippen LogP contribution < -0.4 is 10.1 Å². The third-order valence-corrected chi connectivity index (χ3v) is 3.34. The van der Waals surface area contributed by atoms with E-state index in [2.05, 4.69) is 5.32 Å². The molecule has 3 heteroatoms. The van der Waals surface area contributed by atoms with Crippen molar-refractivity contribution in [3.8, 4) is 5.75 Å². The molecular formula is C15H14FNO. The molecule has 1 atom stereocenters. The molecule has 0 aromatic heterocycles. The standard InChI is InChI=1S/C15H14FNO/c1-18-15-5-3-2-4-12(15)14-9-10-8-11(16)6-7-13(10)17-14/h2-8,14,17H,9H2,1H3. The van der Waals surface area contributed by atoms with Crippen LogP contribution in [0.2, 0.25) is 0 Å². The third-order valence-electron chi connectivity index (χ3n) is 3.34. The van der Waals surface area contributed by atoms with E-state index in [0.717, 1.165) is 29.0 Å². The number of ether oxygens (including phenoxy) is 1. The summed E-state index contributed by atoms with van der Waals surface area (Å²) in [5, 5.41) is 3.41. The molecule has 2 aromatic carbocycles. The summed E-state index contributed by atoms with van der Waals surface area (Å²) in [4.78, 5) is 0. The molecule has 0 saturated heterocycles. The van der Waals surface area contributed by atoms with E-state index < -0.39 is 0 Å². The van der Waals surface area contributed by atoms with E-state index in [1.54, 1.807) is 19.2 Å². The van der Waals surface area contributed by atoms with Crippen LogP contribution in [0.25, 0.3) is 0 Å². The number of halogens is 1. The first-order chi connectivity index (χ1) is 8.78. The monoisotopic (exact) mass is 243 g/mol. The summed E-state index contributed by atoms with van der Waals surface area (Å²) >= 11 is 0. The first-order valence-corrected chi connectivity index (χ1v) is 5.96. The maximum atomic E-state index is 13.2. The zero-order valence-corrected chi connectivity index (χ0v) is 10.1. The fourth-order valence-corrected chi connectivity index (χ4v) is 2.47. The number of hydrogen-bond donors (Lipinski definition) is 1. The maximum Gasteiger partial charge on any atom is 0.124 e. The second kappa shape index (κ2) is 4.33. The molecule has 2 nitrogen and oxygen atoms in total. The highest BCUT2D eigenvalue weighted by Gasteiger charge is 2.24. The van der Waals surface area contributed by atoms with Crippen LogP contribution in [0.1, 0.15) is 17.2 Å². The minimum Gasteiger partial charge on any atom is -0.496 e. The van der Waals surface area contributed by atoms with E-state index in [-0.39, 0.29) is 11.9 Å². The molecule has 0 amide bonds. The molecule has 1 unspecified atom stereocenters. The maximum absolute atomic E-state index is 13.2. The molecule has 1 N–H and O–H groups in total. The highest BCUT2D eigenvalue weighted by molar-refractivity contribution is 5.59. The van der Waals surface area contributed by atoms with Crippen LogP contribution >= 0.6 is 0 Å². The molecular weight excluding hydrogens is 229 g/mol. The average molecular weight is 243 g/mol. The Hall–Kier alpha value is -2.03. The Morgan fingerprint density at radius 3 is 2.89 bits per heavy atom. The Kier molecular flexibility index (Phi) is 2.67. The van der Waals surface area contributed by atoms with Crippen LogP contribution in [-0.4, -0.2) is 7.11 Å². The molecule has 18 heavy (non-hydrogen) atoms. The van der Waals surface area contributed by atoms with Crippen LogP contribution in [-0.2, 0) is 6.42 Å². The number of para-hydroxylation sites is 1. The second-order valence-electron chi connectivity index (χ2n) is 4.44. The first kappa shape index (κ1) is 11.1. The number of benzene rings is 2. The molecule has 0 fully saturated rings. The summed E-state index contributed by atoms with van der Waals surface area (Å²) in [6.07, 6.45) is 0.785. The lowest BCUT2D eigenvalue weighted by molar-refractivity contribution is 0.407. The van der Waals surface area contributed by atoms with Crippen molar-refractivity contribution in [1.29, 1.82) is 0 Å². The summed E-state index contributed by atoms with van der Waals surface area (Å²) < 4.78 is 18.6. The Bertz CT molecular complexity index is 582. The molecule has 0 saturated carbocycles. The predicted octanol–water partition coefficient (Wildman–Crippen LogP) is 3.54. The number of fused-ring (bicyclic) bond motifs is 1. The van der Waals surface area contributed by atoms with Crippen molar-refractivity contribution in [1.82, 2.24) is 0 Å². The molecule has 0 bridgehead atoms. The van der Waals surface area contributed by atoms with Gasteiger partial charge in [0.05, 0.1) is 13.2 Å². The van der Waals surface area contributed by atoms with Crippen molar-refractivity contribution >= 4 is 5.69 Å². The summed E-state index contributed by atoms with van der Waals surface area (Å²) in [5.74, 6) is 0.680. The van der Waals surface area contributed by atoms with E-state index in [9.17, 15) is 4.39 Å². The topological polar surface area (TPSA) is 21.3 Å². The van der Waals surface area contributed by atoms with Gasteiger partial charge in [0.25, 0.3) is 0 Å². The zero-order chi connectivity index (χ0) is 12.5. The lowest BCUT2D eigenvalue weighted by Crippen LogP contribution is -2.07. The number of hydrogen-bond acceptors (Lipinski definition) is 2. The van der Waals surface area contributed by atoms with Gasteiger partial charge in [0.15, 0.2) is 0 Å². The normalized spacial score (nSPS) is 17.1. The van der Waals surface area contributed by atoms with E-state index in [1.165, 1.54) is 6.07 Å². The fraction of sp³-hybridized carbons (Fsp3) is 0.200. The van der Waals surface area contributed by atoms with Gasteiger partial charge < -0.3 is 10.1 Å². The van der Waals surface area contributed by atoms with Gasteiger partial charge in [-0.2, -0.15) is 0 Å². The number of methoxy groups -OCH3 is 1. The SMILES string of the molecule is COc1ccccc1C1Cc2cc(F)ccc2N1. The smallest absolute Gasteiger partial charge is 0.124 e. The second-order valence-corrected chi connectivity index (χ2v) is 4.44. The summed E-state index contributed by atoms with van der Waals surface area (Å²) in [6, 6.07) is 12.9. The van der Waals surface area contributed by atoms with Gasteiger partial charge in [-0.1, -0.05) is 18.2 Å². The van der Waals surface area contributed by atoms with Gasteiger partial charge in [-0.05, 0) is 36.2 Å². The van der Waals surface area contributed by atoms with Gasteiger partial charge in [-0.25, -0.2) is 4.39 Å². The Morgan fingerprint density at radius 1 is 1.22 bits per heavy atom. The molecule has 92 valence electrons. The minimum atomic E-state index is -0.184. The van der Waals surface area contributed by atoms with E-state index in [0.29, 0.717) is 0 Å². The van der Waals surface area contributed by atoms with Crippen LogP contribution in [0.5, 0.6) is 5.75 Å². The van der Waals surface area contributed by atoms with Crippen LogP contribution in [0.15, 0.2) is 42.5 Å². The van der Waals surface area contributed by atoms with Crippen LogP contribution in [0, 0.1) is 5.82 Å². The molecule has 0 aliphatic carbocycles. The largest absolute Gasteiger partial charge is 0.496 e. The molecule has 0 spiro atoms. The molecule has 1 aliphatic rings. The Morgan fingerprint density at radius 2 is 2.06 bits per heavy atom. The molecule has 1 aliphatic heterocycles. The average Bonchev–Trinajstić information content (AvgIpc) is 2.81. The van der Waals surface area contributed by atoms with E-state index >= 15 is 0 Å². The van der Waals surface area contributed by atoms with E-state index in [1.807, 2.05) is 24.3 Å². The van der Waals surface area contributed by atoms with Gasteiger partial charge in [0.2, 0.25) is 0 Å². The van der Waals surface area contributed by atoms with Crippen molar-refractivity contribution in [2.24, 2.45) is 0 Å². The Balaban J connectivity index is 1.93. The highest BCUT2D eigenvalue weighted by atomic mass is 19.1. The zero-order valence-electron chi connectivity index (χ0n) is 10.1.